The first-order chi connectivity index (χ1) is 55.2. The third-order valence-corrected chi connectivity index (χ3v) is 16.5. The Balaban J connectivity index is 0.000000195. The van der Waals surface area contributed by atoms with Gasteiger partial charge in [-0.1, -0.05) is 115 Å². The number of pyridine rings is 2. The number of carboxylic acids is 3. The fourth-order valence-electron chi connectivity index (χ4n) is 11.3. The van der Waals surface area contributed by atoms with Crippen LogP contribution in [0.3, 0.4) is 0 Å². The summed E-state index contributed by atoms with van der Waals surface area (Å²) in [6.45, 7) is 0.277. The Kier molecular flexibility index (Phi) is 29.2. The molecule has 0 bridgehead atoms. The normalized spacial score (nSPS) is 10.4. The summed E-state index contributed by atoms with van der Waals surface area (Å²) < 4.78 is 0. The third-order valence-electron chi connectivity index (χ3n) is 16.5. The SMILES string of the molecule is O=C(Cc1cc(O)c(O)c([N+](=O)[O-])c1)NCc1cccnc1.O=C(O)Cc1cccc(-c2ccccc2NC(=O)CCc2cc(O)c(O)c([N+](=O)[O-])c2)c1.O=C(O)Cc1cccc(-c2ccccc2NC(=O)Cc2cc(O)c(O)c([N+](=O)[O-])c2)c1.O=C(O)Cc1cccc(-c2ccncc2NC(=O)Cc2cc(O)c(O)c([N+](=O)[O-])c2)c1. The predicted octanol–water partition coefficient (Wildman–Crippen LogP) is 11.5. The van der Waals surface area contributed by atoms with Crippen LogP contribution in [0, 0.1) is 40.5 Å². The zero-order chi connectivity index (χ0) is 84.4. The molecule has 2 aromatic heterocycles. The monoisotopic (exact) mass is 1580 g/mol. The van der Waals surface area contributed by atoms with Gasteiger partial charge in [-0.25, -0.2) is 0 Å². The van der Waals surface area contributed by atoms with Crippen molar-refractivity contribution in [3.63, 3.8) is 0 Å². The number of carbonyl (C=O) groups excluding carboxylic acids is 4. The lowest BCUT2D eigenvalue weighted by molar-refractivity contribution is -0.386. The van der Waals surface area contributed by atoms with Gasteiger partial charge in [0.15, 0.2) is 23.0 Å². The van der Waals surface area contributed by atoms with Gasteiger partial charge in [0.1, 0.15) is 0 Å². The van der Waals surface area contributed by atoms with Crippen molar-refractivity contribution < 1.29 is 109 Å². The fourth-order valence-corrected chi connectivity index (χ4v) is 11.3. The first kappa shape index (κ1) is 85.2. The molecule has 0 fully saturated rings. The van der Waals surface area contributed by atoms with Crippen molar-refractivity contribution in [2.75, 3.05) is 16.0 Å². The van der Waals surface area contributed by atoms with E-state index in [4.69, 9.17) is 15.3 Å². The van der Waals surface area contributed by atoms with Gasteiger partial charge in [0.2, 0.25) is 46.6 Å². The second-order valence-electron chi connectivity index (χ2n) is 25.1. The molecule has 0 atom stereocenters. The number of aliphatic carboxylic acids is 3. The van der Waals surface area contributed by atoms with Gasteiger partial charge in [0.05, 0.1) is 70.1 Å². The Hall–Kier alpha value is -16.4. The topological polar surface area (TPSA) is 588 Å². The number of carbonyl (C=O) groups is 7. The van der Waals surface area contributed by atoms with Crippen LogP contribution in [0.1, 0.15) is 50.9 Å². The lowest BCUT2D eigenvalue weighted by Gasteiger charge is -2.12. The maximum absolute atomic E-state index is 12.6. The minimum absolute atomic E-state index is 0.0191. The molecule has 11 rings (SSSR count). The van der Waals surface area contributed by atoms with E-state index in [9.17, 15) is 115 Å². The summed E-state index contributed by atoms with van der Waals surface area (Å²) in [4.78, 5) is 131. The molecule has 0 aliphatic carbocycles. The van der Waals surface area contributed by atoms with Gasteiger partial charge in [0, 0.05) is 83.9 Å². The van der Waals surface area contributed by atoms with Crippen molar-refractivity contribution in [1.29, 1.82) is 0 Å². The molecule has 116 heavy (non-hydrogen) atoms. The number of phenolic OH excluding ortho intramolecular Hbond substituents is 8. The Bertz CT molecular complexity index is 5410. The Morgan fingerprint density at radius 1 is 0.319 bits per heavy atom. The van der Waals surface area contributed by atoms with Crippen LogP contribution in [0.25, 0.3) is 33.4 Å². The number of hydrogen-bond acceptors (Lipinski definition) is 25. The first-order valence-electron chi connectivity index (χ1n) is 34.1. The number of anilines is 3. The van der Waals surface area contributed by atoms with Gasteiger partial charge in [-0.15, -0.1) is 0 Å². The second-order valence-corrected chi connectivity index (χ2v) is 25.1. The van der Waals surface area contributed by atoms with Crippen molar-refractivity contribution in [1.82, 2.24) is 15.3 Å². The lowest BCUT2D eigenvalue weighted by Crippen LogP contribution is -2.24. The number of rotatable bonds is 27. The molecule has 11 aromatic rings. The molecule has 0 spiro atoms. The number of nitro groups is 4. The highest BCUT2D eigenvalue weighted by atomic mass is 16.6. The van der Waals surface area contributed by atoms with E-state index in [-0.39, 0.29) is 86.4 Å². The van der Waals surface area contributed by atoms with E-state index in [2.05, 4.69) is 31.2 Å². The summed E-state index contributed by atoms with van der Waals surface area (Å²) in [6, 6.07) is 48.7. The minimum atomic E-state index is -0.966. The summed E-state index contributed by atoms with van der Waals surface area (Å²) in [5.74, 6) is -10.6. The van der Waals surface area contributed by atoms with E-state index in [1.807, 2.05) is 6.07 Å². The number of carboxylic acid groups (broad SMARTS) is 3. The minimum Gasteiger partial charge on any atom is -0.504 e. The Morgan fingerprint density at radius 3 is 1.03 bits per heavy atom. The van der Waals surface area contributed by atoms with Crippen LogP contribution in [0.4, 0.5) is 39.8 Å². The van der Waals surface area contributed by atoms with Gasteiger partial charge in [-0.2, -0.15) is 0 Å². The molecule has 9 aromatic carbocycles. The number of benzene rings is 9. The number of aryl methyl sites for hydroxylation is 1. The maximum atomic E-state index is 12.6. The van der Waals surface area contributed by atoms with Crippen LogP contribution in [0.5, 0.6) is 46.0 Å². The Morgan fingerprint density at radius 2 is 0.655 bits per heavy atom. The van der Waals surface area contributed by atoms with E-state index in [1.54, 1.807) is 146 Å². The summed E-state index contributed by atoms with van der Waals surface area (Å²) in [6.07, 6.45) is 5.12. The predicted molar refractivity (Wildman–Crippen MR) is 415 cm³/mol. The lowest BCUT2D eigenvalue weighted by atomic mass is 10.00. The molecule has 4 amide bonds. The number of aromatic nitrogens is 2. The van der Waals surface area contributed by atoms with E-state index < -0.39 is 118 Å². The van der Waals surface area contributed by atoms with Crippen LogP contribution < -0.4 is 21.3 Å². The van der Waals surface area contributed by atoms with E-state index in [1.165, 1.54) is 18.5 Å². The standard InChI is InChI=1S/C23H20N2O7.C22H18N2O7.C21H17N3O7.C14H13N3O5/c26-20-12-15(11-19(23(20)30)25(31)32)8-9-21(27)24-18-7-2-1-6-17(18)16-5-3-4-14(10-16)13-22(28)29;25-19-10-14(9-18(22(19)29)24(30)31)11-20(26)23-17-7-2-1-6-16(17)15-5-3-4-13(8-15)12-21(27)28;25-18-8-13(7-17(21(18)29)24(30)31)9-19(26)23-16-11-22-5-4-15(16)14-3-1-2-12(6-14)10-20(27)28;18-12-5-10(4-11(14(12)20)17(21)22)6-13(19)16-8-9-2-1-3-15-7-9/h1-7,10-12,26,30H,8-9,13H2,(H,24,27)(H,28,29);1-10,25,29H,11-12H2,(H,23,26)(H,27,28);1-8,11,25,29H,9-10H2,(H,23,26)(H,27,28);1-5,7,18,20H,6,8H2,(H,16,19). The highest BCUT2D eigenvalue weighted by molar-refractivity contribution is 5.99. The van der Waals surface area contributed by atoms with Crippen molar-refractivity contribution >= 4 is 81.3 Å². The molecular formula is C80H68N10O26. The molecule has 15 N–H and O–H groups in total. The van der Waals surface area contributed by atoms with Crippen LogP contribution in [0.2, 0.25) is 0 Å². The van der Waals surface area contributed by atoms with Crippen molar-refractivity contribution in [3.05, 3.63) is 298 Å². The molecule has 0 aliphatic rings. The molecule has 594 valence electrons. The molecule has 2 heterocycles. The third kappa shape index (κ3) is 24.5. The van der Waals surface area contributed by atoms with Crippen molar-refractivity contribution in [2.45, 2.75) is 57.9 Å². The molecule has 36 nitrogen and oxygen atoms in total. The van der Waals surface area contributed by atoms with Gasteiger partial charge < -0.3 is 77.4 Å². The average molecular weight is 1590 g/mol. The number of nitro benzene ring substituents is 4. The van der Waals surface area contributed by atoms with E-state index in [0.717, 1.165) is 53.6 Å². The van der Waals surface area contributed by atoms with Crippen LogP contribution in [-0.4, -0.2) is 127 Å². The number of aromatic hydroxyl groups is 8. The molecule has 0 unspecified atom stereocenters. The second kappa shape index (κ2) is 39.8. The van der Waals surface area contributed by atoms with Crippen LogP contribution in [0.15, 0.2) is 213 Å². The van der Waals surface area contributed by atoms with E-state index >= 15 is 0 Å². The van der Waals surface area contributed by atoms with Gasteiger partial charge in [-0.3, -0.25) is 84.0 Å². The Labute approximate surface area is 654 Å². The maximum Gasteiger partial charge on any atom is 0.314 e. The van der Waals surface area contributed by atoms with Gasteiger partial charge in [-0.05, 0) is 116 Å². The average Bonchev–Trinajstić information content (AvgIpc) is 0.835. The summed E-state index contributed by atoms with van der Waals surface area (Å²) in [5, 5.41) is 158. The molecular weight excluding hydrogens is 1520 g/mol. The van der Waals surface area contributed by atoms with Crippen LogP contribution in [-0.2, 0) is 85.1 Å². The van der Waals surface area contributed by atoms with Gasteiger partial charge in [0.25, 0.3) is 0 Å². The number of nitrogens with zero attached hydrogens (tertiary/aromatic N) is 6. The number of amides is 4. The fraction of sp³-hybridized carbons (Fsp3) is 0.113. The number of nitrogens with one attached hydrogen (secondary N) is 4. The zero-order valence-corrected chi connectivity index (χ0v) is 60.3. The molecule has 0 saturated heterocycles. The molecule has 0 aliphatic heterocycles. The first-order valence-corrected chi connectivity index (χ1v) is 34.1. The highest BCUT2D eigenvalue weighted by Gasteiger charge is 2.25. The largest absolute Gasteiger partial charge is 0.504 e. The molecule has 36 heteroatoms. The molecule has 0 radical (unpaired) electrons. The van der Waals surface area contributed by atoms with E-state index in [0.29, 0.717) is 67.1 Å². The number of phenols is 8. The van der Waals surface area contributed by atoms with Crippen molar-refractivity contribution in [3.8, 4) is 79.4 Å². The summed E-state index contributed by atoms with van der Waals surface area (Å²) in [5.41, 5.74) is 6.30. The zero-order valence-electron chi connectivity index (χ0n) is 60.3. The molecule has 0 saturated carbocycles. The smallest absolute Gasteiger partial charge is 0.314 e. The summed E-state index contributed by atoms with van der Waals surface area (Å²) >= 11 is 0. The van der Waals surface area contributed by atoms with Gasteiger partial charge >= 0.3 is 40.7 Å². The van der Waals surface area contributed by atoms with Crippen molar-refractivity contribution in [2.24, 2.45) is 0 Å². The quantitative estimate of drug-likeness (QED) is 0.0129. The summed E-state index contributed by atoms with van der Waals surface area (Å²) in [7, 11) is 0. The van der Waals surface area contributed by atoms with Crippen LogP contribution >= 0.6 is 0 Å². The highest BCUT2D eigenvalue weighted by Crippen LogP contribution is 2.41. The number of para-hydroxylation sites is 2. The number of hydrogen-bond donors (Lipinski definition) is 15.